The monoisotopic (exact) mass is 676 g/mol. The van der Waals surface area contributed by atoms with Gasteiger partial charge < -0.3 is 4.90 Å². The Hall–Kier alpha value is -0.700. The van der Waals surface area contributed by atoms with Gasteiger partial charge >= 0.3 is 0 Å². The van der Waals surface area contributed by atoms with E-state index in [4.69, 9.17) is 0 Å². The van der Waals surface area contributed by atoms with E-state index in [9.17, 15) is 9.59 Å². The van der Waals surface area contributed by atoms with Crippen LogP contribution in [-0.4, -0.2) is 37.1 Å². The van der Waals surface area contributed by atoms with Crippen LogP contribution in [0.3, 0.4) is 0 Å². The first kappa shape index (κ1) is 47.3. The largest absolute Gasteiger partial charge is 0.309 e. The highest BCUT2D eigenvalue weighted by molar-refractivity contribution is 5.79. The molecule has 286 valence electrons. The van der Waals surface area contributed by atoms with Crippen LogP contribution in [0.2, 0.25) is 0 Å². The molecule has 0 N–H and O–H groups in total. The van der Waals surface area contributed by atoms with Crippen LogP contribution >= 0.6 is 0 Å². The molecule has 1 atom stereocenters. The molecule has 0 aliphatic carbocycles. The van der Waals surface area contributed by atoms with E-state index >= 15 is 0 Å². The van der Waals surface area contributed by atoms with Crippen LogP contribution < -0.4 is 0 Å². The molecule has 48 heavy (non-hydrogen) atoms. The maximum absolute atomic E-state index is 13.1. The highest BCUT2D eigenvalue weighted by Crippen LogP contribution is 2.26. The molecule has 0 spiro atoms. The summed E-state index contributed by atoms with van der Waals surface area (Å²) in [5.74, 6) is 2.15. The summed E-state index contributed by atoms with van der Waals surface area (Å²) in [6, 6.07) is 0. The van der Waals surface area contributed by atoms with Gasteiger partial charge in [-0.2, -0.15) is 0 Å². The van der Waals surface area contributed by atoms with Crippen molar-refractivity contribution in [3.8, 4) is 0 Å². The number of hydrogen-bond donors (Lipinski definition) is 0. The Morgan fingerprint density at radius 1 is 0.375 bits per heavy atom. The zero-order valence-electron chi connectivity index (χ0n) is 33.9. The molecule has 0 aliphatic rings. The van der Waals surface area contributed by atoms with Crippen LogP contribution in [0.25, 0.3) is 0 Å². The van der Waals surface area contributed by atoms with Crippen molar-refractivity contribution in [2.75, 3.05) is 20.6 Å². The van der Waals surface area contributed by atoms with Crippen molar-refractivity contribution in [3.63, 3.8) is 0 Å². The van der Waals surface area contributed by atoms with Crippen molar-refractivity contribution in [3.05, 3.63) is 0 Å². The van der Waals surface area contributed by atoms with Gasteiger partial charge in [0.1, 0.15) is 11.6 Å². The molecule has 1 unspecified atom stereocenters. The molecule has 3 nitrogen and oxygen atoms in total. The van der Waals surface area contributed by atoms with Gasteiger partial charge in [-0.25, -0.2) is 0 Å². The fourth-order valence-corrected chi connectivity index (χ4v) is 7.59. The summed E-state index contributed by atoms with van der Waals surface area (Å²) in [6.45, 7) is 7.87. The summed E-state index contributed by atoms with van der Waals surface area (Å²) in [6.07, 6.45) is 43.7. The van der Waals surface area contributed by atoms with Gasteiger partial charge in [-0.05, 0) is 45.3 Å². The summed E-state index contributed by atoms with van der Waals surface area (Å²) in [7, 11) is 4.18. The SMILES string of the molecule is CCCCCCCCCCC(CCCCCCCCCC)CC(=O)CCCCCC(CCCCCCCCC)CC(=O)CCCN(C)C. The van der Waals surface area contributed by atoms with Crippen molar-refractivity contribution < 1.29 is 9.59 Å². The molecule has 0 fully saturated rings. The highest BCUT2D eigenvalue weighted by Gasteiger charge is 2.16. The van der Waals surface area contributed by atoms with Gasteiger partial charge in [0.2, 0.25) is 0 Å². The zero-order valence-corrected chi connectivity index (χ0v) is 33.9. The number of nitrogens with zero attached hydrogens (tertiary/aromatic N) is 1. The smallest absolute Gasteiger partial charge is 0.133 e. The van der Waals surface area contributed by atoms with E-state index in [0.717, 1.165) is 51.5 Å². The second-order valence-electron chi connectivity index (χ2n) is 16.2. The zero-order chi connectivity index (χ0) is 35.3. The van der Waals surface area contributed by atoms with Gasteiger partial charge in [-0.3, -0.25) is 9.59 Å². The van der Waals surface area contributed by atoms with Crippen molar-refractivity contribution in [2.24, 2.45) is 11.8 Å². The Kier molecular flexibility index (Phi) is 37.0. The second kappa shape index (κ2) is 37.6. The molecule has 0 aromatic carbocycles. The fraction of sp³-hybridized carbons (Fsp3) is 0.956. The standard InChI is InChI=1S/C45H89NO2/c1-6-9-12-15-18-21-24-28-33-42(34-29-25-22-19-16-13-10-7-2)40-44(47)37-31-26-30-36-43(35-27-23-20-17-14-11-8-3)41-45(48)38-32-39-46(4)5/h42-43H,6-41H2,1-5H3. The third-order valence-electron chi connectivity index (χ3n) is 10.8. The molecule has 0 saturated carbocycles. The van der Waals surface area contributed by atoms with E-state index in [1.165, 1.54) is 180 Å². The average Bonchev–Trinajstić information content (AvgIpc) is 3.06. The Morgan fingerprint density at radius 3 is 0.958 bits per heavy atom. The predicted molar refractivity (Wildman–Crippen MR) is 214 cm³/mol. The van der Waals surface area contributed by atoms with Crippen LogP contribution in [0.15, 0.2) is 0 Å². The van der Waals surface area contributed by atoms with Gasteiger partial charge in [-0.1, -0.05) is 207 Å². The van der Waals surface area contributed by atoms with Crippen molar-refractivity contribution in [1.82, 2.24) is 4.90 Å². The minimum atomic E-state index is 0.471. The quantitative estimate of drug-likeness (QED) is 0.0607. The second-order valence-corrected chi connectivity index (χ2v) is 16.2. The summed E-state index contributed by atoms with van der Waals surface area (Å²) < 4.78 is 0. The maximum Gasteiger partial charge on any atom is 0.133 e. The molecular formula is C45H89NO2. The first-order valence-electron chi connectivity index (χ1n) is 22.1. The molecule has 0 bridgehead atoms. The van der Waals surface area contributed by atoms with E-state index in [0.29, 0.717) is 23.4 Å². The number of hydrogen-bond acceptors (Lipinski definition) is 3. The molecule has 0 aromatic rings. The van der Waals surface area contributed by atoms with E-state index in [1.807, 2.05) is 0 Å². The van der Waals surface area contributed by atoms with Gasteiger partial charge in [0, 0.05) is 25.7 Å². The molecular weight excluding hydrogens is 587 g/mol. The summed E-state index contributed by atoms with van der Waals surface area (Å²) in [5.41, 5.74) is 0. The normalized spacial score (nSPS) is 12.4. The summed E-state index contributed by atoms with van der Waals surface area (Å²) >= 11 is 0. The minimum Gasteiger partial charge on any atom is -0.309 e. The van der Waals surface area contributed by atoms with Crippen LogP contribution in [0.5, 0.6) is 0 Å². The number of carbonyl (C=O) groups excluding carboxylic acids is 2. The van der Waals surface area contributed by atoms with Crippen LogP contribution in [0.1, 0.15) is 245 Å². The first-order valence-corrected chi connectivity index (χ1v) is 22.1. The summed E-state index contributed by atoms with van der Waals surface area (Å²) in [4.78, 5) is 28.1. The molecule has 0 amide bonds. The van der Waals surface area contributed by atoms with Crippen molar-refractivity contribution in [2.45, 2.75) is 245 Å². The lowest BCUT2D eigenvalue weighted by Crippen LogP contribution is -2.15. The van der Waals surface area contributed by atoms with E-state index in [1.54, 1.807) is 0 Å². The molecule has 0 heterocycles. The van der Waals surface area contributed by atoms with Crippen molar-refractivity contribution >= 4 is 11.6 Å². The molecule has 0 aliphatic heterocycles. The molecule has 0 aromatic heterocycles. The lowest BCUT2D eigenvalue weighted by atomic mass is 9.88. The minimum absolute atomic E-state index is 0.471. The van der Waals surface area contributed by atoms with Gasteiger partial charge in [0.05, 0.1) is 0 Å². The van der Waals surface area contributed by atoms with Crippen molar-refractivity contribution in [1.29, 1.82) is 0 Å². The Labute approximate surface area is 303 Å². The lowest BCUT2D eigenvalue weighted by Gasteiger charge is -2.17. The highest BCUT2D eigenvalue weighted by atomic mass is 16.1. The average molecular weight is 676 g/mol. The summed E-state index contributed by atoms with van der Waals surface area (Å²) in [5, 5.41) is 0. The Balaban J connectivity index is 4.55. The Morgan fingerprint density at radius 2 is 0.646 bits per heavy atom. The fourth-order valence-electron chi connectivity index (χ4n) is 7.59. The van der Waals surface area contributed by atoms with E-state index in [2.05, 4.69) is 39.8 Å². The predicted octanol–water partition coefficient (Wildman–Crippen LogP) is 14.6. The number of unbranched alkanes of at least 4 members (excludes halogenated alkanes) is 22. The first-order chi connectivity index (χ1) is 23.4. The number of rotatable bonds is 40. The number of carbonyl (C=O) groups is 2. The van der Waals surface area contributed by atoms with E-state index < -0.39 is 0 Å². The number of Topliss-reactive ketones (excluding diaryl/α,β-unsaturated/α-hetero) is 2. The lowest BCUT2D eigenvalue weighted by molar-refractivity contribution is -0.120. The third-order valence-corrected chi connectivity index (χ3v) is 10.8. The topological polar surface area (TPSA) is 37.4 Å². The van der Waals surface area contributed by atoms with E-state index in [-0.39, 0.29) is 0 Å². The number of ketones is 2. The molecule has 0 rings (SSSR count). The van der Waals surface area contributed by atoms with Gasteiger partial charge in [0.25, 0.3) is 0 Å². The van der Waals surface area contributed by atoms with Gasteiger partial charge in [0.15, 0.2) is 0 Å². The maximum atomic E-state index is 13.1. The molecule has 0 radical (unpaired) electrons. The molecule has 3 heteroatoms. The van der Waals surface area contributed by atoms with Crippen LogP contribution in [0, 0.1) is 11.8 Å². The van der Waals surface area contributed by atoms with Gasteiger partial charge in [-0.15, -0.1) is 0 Å². The van der Waals surface area contributed by atoms with Crippen LogP contribution in [-0.2, 0) is 9.59 Å². The third kappa shape index (κ3) is 35.1. The van der Waals surface area contributed by atoms with Crippen LogP contribution in [0.4, 0.5) is 0 Å². The molecule has 0 saturated heterocycles. The Bertz CT molecular complexity index is 654.